The Balaban J connectivity index is 0.00000529. The normalized spacial score (nSPS) is 19.2. The number of hydrogen-bond donors (Lipinski definition) is 0. The lowest BCUT2D eigenvalue weighted by Gasteiger charge is -2.15. The lowest BCUT2D eigenvalue weighted by molar-refractivity contribution is -0.113. The SMILES string of the molecule is CN(C)/C=C/C=C/C=C1\CCC\C(=C/C=C/C=C/N(C)C)C1=O.Cl. The number of rotatable bonds is 6. The molecule has 0 bridgehead atoms. The van der Waals surface area contributed by atoms with E-state index in [1.165, 1.54) is 0 Å². The van der Waals surface area contributed by atoms with Gasteiger partial charge >= 0.3 is 0 Å². The molecule has 0 unspecified atom stereocenters. The second-order valence-electron chi connectivity index (χ2n) is 5.95. The van der Waals surface area contributed by atoms with E-state index in [-0.39, 0.29) is 18.2 Å². The van der Waals surface area contributed by atoms with Crippen molar-refractivity contribution in [2.75, 3.05) is 28.2 Å². The van der Waals surface area contributed by atoms with Crippen LogP contribution in [0.1, 0.15) is 19.3 Å². The second-order valence-corrected chi connectivity index (χ2v) is 5.95. The number of Topliss-reactive ketones (excluding diaryl/α,β-unsaturated/α-hetero) is 1. The molecule has 0 spiro atoms. The number of nitrogens with zero attached hydrogens (tertiary/aromatic N) is 2. The fourth-order valence-electron chi connectivity index (χ4n) is 2.14. The number of allylic oxidation sites excluding steroid dienone is 10. The quantitative estimate of drug-likeness (QED) is 0.529. The summed E-state index contributed by atoms with van der Waals surface area (Å²) in [5.74, 6) is 0.179. The van der Waals surface area contributed by atoms with Gasteiger partial charge in [0.05, 0.1) is 0 Å². The van der Waals surface area contributed by atoms with Gasteiger partial charge in [-0.3, -0.25) is 4.79 Å². The molecule has 0 aliphatic heterocycles. The first-order chi connectivity index (χ1) is 11.0. The minimum Gasteiger partial charge on any atom is -0.383 e. The van der Waals surface area contributed by atoms with Gasteiger partial charge in [0.2, 0.25) is 0 Å². The maximum absolute atomic E-state index is 12.4. The number of halogens is 1. The molecule has 0 saturated heterocycles. The van der Waals surface area contributed by atoms with Crippen LogP contribution in [0.15, 0.2) is 72.2 Å². The molecule has 1 aliphatic rings. The third-order valence-electron chi connectivity index (χ3n) is 3.28. The van der Waals surface area contributed by atoms with Gasteiger partial charge in [0, 0.05) is 28.2 Å². The zero-order chi connectivity index (χ0) is 17.1. The molecule has 1 aliphatic carbocycles. The van der Waals surface area contributed by atoms with Crippen molar-refractivity contribution in [2.45, 2.75) is 19.3 Å². The molecule has 0 atom stereocenters. The summed E-state index contributed by atoms with van der Waals surface area (Å²) < 4.78 is 0. The summed E-state index contributed by atoms with van der Waals surface area (Å²) in [4.78, 5) is 16.4. The van der Waals surface area contributed by atoms with Crippen molar-refractivity contribution in [1.29, 1.82) is 0 Å². The summed E-state index contributed by atoms with van der Waals surface area (Å²) >= 11 is 0. The zero-order valence-corrected chi connectivity index (χ0v) is 15.9. The van der Waals surface area contributed by atoms with E-state index in [1.54, 1.807) is 0 Å². The minimum atomic E-state index is 0. The average molecular weight is 349 g/mol. The fraction of sp³-hybridized carbons (Fsp3) is 0.350. The first-order valence-corrected chi connectivity index (χ1v) is 7.96. The van der Waals surface area contributed by atoms with Crippen LogP contribution < -0.4 is 0 Å². The Kier molecular flexibility index (Phi) is 11.4. The van der Waals surface area contributed by atoms with Crippen LogP contribution in [-0.2, 0) is 4.79 Å². The molecule has 1 rings (SSSR count). The predicted molar refractivity (Wildman–Crippen MR) is 106 cm³/mol. The Hall–Kier alpha value is -2.00. The molecule has 24 heavy (non-hydrogen) atoms. The van der Waals surface area contributed by atoms with Crippen LogP contribution in [-0.4, -0.2) is 43.8 Å². The molecule has 0 heterocycles. The lowest BCUT2D eigenvalue weighted by atomic mass is 9.88. The smallest absolute Gasteiger partial charge is 0.184 e. The molecule has 132 valence electrons. The van der Waals surface area contributed by atoms with Crippen molar-refractivity contribution >= 4 is 18.2 Å². The van der Waals surface area contributed by atoms with E-state index in [0.29, 0.717) is 0 Å². The molecule has 0 N–H and O–H groups in total. The van der Waals surface area contributed by atoms with Gasteiger partial charge in [-0.05, 0) is 55.0 Å². The first kappa shape index (κ1) is 22.0. The van der Waals surface area contributed by atoms with Gasteiger partial charge in [-0.25, -0.2) is 0 Å². The summed E-state index contributed by atoms with van der Waals surface area (Å²) in [6, 6.07) is 0. The third kappa shape index (κ3) is 9.21. The van der Waals surface area contributed by atoms with Gasteiger partial charge in [-0.1, -0.05) is 36.5 Å². The van der Waals surface area contributed by atoms with Gasteiger partial charge in [-0.15, -0.1) is 12.4 Å². The van der Waals surface area contributed by atoms with E-state index in [2.05, 4.69) is 0 Å². The molecule has 4 heteroatoms. The Labute approximate surface area is 152 Å². The highest BCUT2D eigenvalue weighted by Gasteiger charge is 2.18. The number of carbonyl (C=O) groups is 1. The Bertz CT molecular complexity index is 516. The maximum atomic E-state index is 12.4. The molecule has 0 amide bonds. The summed E-state index contributed by atoms with van der Waals surface area (Å²) in [6.07, 6.45) is 22.3. The van der Waals surface area contributed by atoms with Crippen molar-refractivity contribution in [3.05, 3.63) is 72.2 Å². The topological polar surface area (TPSA) is 23.6 Å². The van der Waals surface area contributed by atoms with E-state index in [4.69, 9.17) is 0 Å². The van der Waals surface area contributed by atoms with E-state index in [9.17, 15) is 4.79 Å². The Morgan fingerprint density at radius 3 is 1.50 bits per heavy atom. The molecule has 0 radical (unpaired) electrons. The number of carbonyl (C=O) groups excluding carboxylic acids is 1. The zero-order valence-electron chi connectivity index (χ0n) is 15.1. The fourth-order valence-corrected chi connectivity index (χ4v) is 2.14. The van der Waals surface area contributed by atoms with Crippen molar-refractivity contribution in [1.82, 2.24) is 9.80 Å². The van der Waals surface area contributed by atoms with E-state index in [0.717, 1.165) is 30.4 Å². The Morgan fingerprint density at radius 1 is 0.708 bits per heavy atom. The van der Waals surface area contributed by atoms with E-state index < -0.39 is 0 Å². The van der Waals surface area contributed by atoms with Crippen LogP contribution >= 0.6 is 12.4 Å². The monoisotopic (exact) mass is 348 g/mol. The predicted octanol–water partition coefficient (Wildman–Crippen LogP) is 4.28. The highest BCUT2D eigenvalue weighted by atomic mass is 35.5. The highest BCUT2D eigenvalue weighted by Crippen LogP contribution is 2.24. The molecular weight excluding hydrogens is 320 g/mol. The minimum absolute atomic E-state index is 0. The van der Waals surface area contributed by atoms with Crippen molar-refractivity contribution < 1.29 is 4.79 Å². The van der Waals surface area contributed by atoms with Gasteiger partial charge < -0.3 is 9.80 Å². The van der Waals surface area contributed by atoms with Crippen LogP contribution in [0.25, 0.3) is 0 Å². The van der Waals surface area contributed by atoms with E-state index in [1.807, 2.05) is 99.0 Å². The summed E-state index contributed by atoms with van der Waals surface area (Å²) in [5.41, 5.74) is 1.79. The average Bonchev–Trinajstić information content (AvgIpc) is 2.49. The molecule has 0 aromatic carbocycles. The van der Waals surface area contributed by atoms with Crippen molar-refractivity contribution in [3.63, 3.8) is 0 Å². The number of ketones is 1. The first-order valence-electron chi connectivity index (χ1n) is 7.96. The standard InChI is InChI=1S/C20H28N2O.ClH/c1-21(2)16-9-5-7-12-18-14-11-15-19(20(18)23)13-8-6-10-17-22(3)4;/h5-10,12-13,16-17H,11,14-15H2,1-4H3;1H/b7-5+,8-6+,16-9+,17-10+,18-12+,19-13+;. The van der Waals surface area contributed by atoms with Crippen LogP contribution in [0.2, 0.25) is 0 Å². The van der Waals surface area contributed by atoms with Crippen molar-refractivity contribution in [3.8, 4) is 0 Å². The van der Waals surface area contributed by atoms with Crippen LogP contribution in [0.5, 0.6) is 0 Å². The molecular formula is C20H29ClN2O. The summed E-state index contributed by atoms with van der Waals surface area (Å²) in [6.45, 7) is 0. The van der Waals surface area contributed by atoms with Gasteiger partial charge in [-0.2, -0.15) is 0 Å². The summed E-state index contributed by atoms with van der Waals surface area (Å²) in [5, 5.41) is 0. The molecule has 0 aromatic heterocycles. The molecule has 0 aromatic rings. The summed E-state index contributed by atoms with van der Waals surface area (Å²) in [7, 11) is 7.91. The van der Waals surface area contributed by atoms with Gasteiger partial charge in [0.1, 0.15) is 0 Å². The largest absolute Gasteiger partial charge is 0.383 e. The van der Waals surface area contributed by atoms with Gasteiger partial charge in [0.15, 0.2) is 5.78 Å². The van der Waals surface area contributed by atoms with Crippen LogP contribution in [0.3, 0.4) is 0 Å². The molecule has 1 saturated carbocycles. The van der Waals surface area contributed by atoms with Crippen molar-refractivity contribution in [2.24, 2.45) is 0 Å². The number of hydrogen-bond acceptors (Lipinski definition) is 3. The Morgan fingerprint density at radius 2 is 1.12 bits per heavy atom. The van der Waals surface area contributed by atoms with E-state index >= 15 is 0 Å². The van der Waals surface area contributed by atoms with Crippen LogP contribution in [0, 0.1) is 0 Å². The highest BCUT2D eigenvalue weighted by molar-refractivity contribution is 6.09. The maximum Gasteiger partial charge on any atom is 0.184 e. The van der Waals surface area contributed by atoms with Gasteiger partial charge in [0.25, 0.3) is 0 Å². The third-order valence-corrected chi connectivity index (χ3v) is 3.28. The molecule has 3 nitrogen and oxygen atoms in total. The van der Waals surface area contributed by atoms with Crippen LogP contribution in [0.4, 0.5) is 0 Å². The second kappa shape index (κ2) is 12.4. The molecule has 1 fully saturated rings. The lowest BCUT2D eigenvalue weighted by Crippen LogP contribution is -2.12.